The standard InChI is InChI=1S/C22H28N4O2/c1-4-16-7-10-19(15(2)11-16)26-21(27)12-17-5-8-18(9-6-17)28-22-13-20(23-3)24-14-25-22/h5,7-10,13-15,17H,4,6,11-12H2,1-3H3,(H,26,27)(H,23,24,25). The Kier molecular flexibility index (Phi) is 6.63. The normalized spacial score (nSPS) is 21.3. The highest BCUT2D eigenvalue weighted by molar-refractivity contribution is 5.78. The second kappa shape index (κ2) is 9.35. The molecule has 28 heavy (non-hydrogen) atoms. The molecule has 0 aromatic carbocycles. The minimum Gasteiger partial charge on any atom is -0.439 e. The Hall–Kier alpha value is -2.89. The number of rotatable bonds is 7. The smallest absolute Gasteiger partial charge is 0.224 e. The van der Waals surface area contributed by atoms with Crippen LogP contribution >= 0.6 is 0 Å². The summed E-state index contributed by atoms with van der Waals surface area (Å²) in [5.74, 6) is 2.52. The molecule has 6 heteroatoms. The number of ether oxygens (including phenoxy) is 1. The zero-order valence-corrected chi connectivity index (χ0v) is 16.7. The zero-order valence-electron chi connectivity index (χ0n) is 16.7. The van der Waals surface area contributed by atoms with Crippen molar-refractivity contribution in [2.45, 2.75) is 39.5 Å². The van der Waals surface area contributed by atoms with E-state index in [4.69, 9.17) is 4.74 Å². The van der Waals surface area contributed by atoms with E-state index >= 15 is 0 Å². The van der Waals surface area contributed by atoms with Crippen LogP contribution in [0.3, 0.4) is 0 Å². The van der Waals surface area contributed by atoms with E-state index in [1.807, 2.05) is 18.2 Å². The van der Waals surface area contributed by atoms with Gasteiger partial charge in [-0.3, -0.25) is 4.79 Å². The van der Waals surface area contributed by atoms with Crippen molar-refractivity contribution in [2.75, 3.05) is 12.4 Å². The van der Waals surface area contributed by atoms with Gasteiger partial charge in [0.2, 0.25) is 11.8 Å². The van der Waals surface area contributed by atoms with Crippen molar-refractivity contribution in [1.82, 2.24) is 15.3 Å². The number of amides is 1. The minimum atomic E-state index is 0.0633. The number of hydrogen-bond acceptors (Lipinski definition) is 5. The van der Waals surface area contributed by atoms with Gasteiger partial charge in [-0.25, -0.2) is 9.97 Å². The van der Waals surface area contributed by atoms with E-state index in [0.29, 0.717) is 24.0 Å². The van der Waals surface area contributed by atoms with Crippen molar-refractivity contribution in [3.05, 3.63) is 59.8 Å². The van der Waals surface area contributed by atoms with Gasteiger partial charge >= 0.3 is 0 Å². The third kappa shape index (κ3) is 5.31. The predicted octanol–water partition coefficient (Wildman–Crippen LogP) is 4.12. The van der Waals surface area contributed by atoms with E-state index in [1.54, 1.807) is 13.1 Å². The molecule has 6 nitrogen and oxygen atoms in total. The number of nitrogens with zero attached hydrogens (tertiary/aromatic N) is 2. The highest BCUT2D eigenvalue weighted by Gasteiger charge is 2.19. The van der Waals surface area contributed by atoms with Crippen molar-refractivity contribution >= 4 is 11.7 Å². The second-order valence-electron chi connectivity index (χ2n) is 7.21. The largest absolute Gasteiger partial charge is 0.439 e. The van der Waals surface area contributed by atoms with Crippen LogP contribution in [-0.4, -0.2) is 22.9 Å². The molecule has 0 radical (unpaired) electrons. The van der Waals surface area contributed by atoms with Crippen LogP contribution in [0.4, 0.5) is 5.82 Å². The summed E-state index contributed by atoms with van der Waals surface area (Å²) in [7, 11) is 1.80. The Morgan fingerprint density at radius 2 is 2.18 bits per heavy atom. The molecular weight excluding hydrogens is 352 g/mol. The number of carbonyl (C=O) groups is 1. The molecule has 2 aliphatic carbocycles. The molecule has 0 saturated carbocycles. The quantitative estimate of drug-likeness (QED) is 0.744. The lowest BCUT2D eigenvalue weighted by Crippen LogP contribution is -2.29. The summed E-state index contributed by atoms with van der Waals surface area (Å²) in [4.78, 5) is 20.6. The van der Waals surface area contributed by atoms with Gasteiger partial charge in [-0.05, 0) is 49.3 Å². The van der Waals surface area contributed by atoms with E-state index < -0.39 is 0 Å². The fourth-order valence-corrected chi connectivity index (χ4v) is 3.35. The summed E-state index contributed by atoms with van der Waals surface area (Å²) in [6.45, 7) is 4.33. The van der Waals surface area contributed by atoms with Crippen LogP contribution < -0.4 is 15.4 Å². The number of anilines is 1. The first kappa shape index (κ1) is 19.9. The minimum absolute atomic E-state index is 0.0633. The van der Waals surface area contributed by atoms with Crippen molar-refractivity contribution in [3.63, 3.8) is 0 Å². The summed E-state index contributed by atoms with van der Waals surface area (Å²) in [5, 5.41) is 6.05. The molecule has 0 bridgehead atoms. The van der Waals surface area contributed by atoms with Crippen LogP contribution in [0, 0.1) is 11.8 Å². The van der Waals surface area contributed by atoms with E-state index in [-0.39, 0.29) is 11.8 Å². The monoisotopic (exact) mass is 380 g/mol. The third-order valence-corrected chi connectivity index (χ3v) is 5.06. The van der Waals surface area contributed by atoms with Gasteiger partial charge in [0.15, 0.2) is 0 Å². The van der Waals surface area contributed by atoms with Crippen LogP contribution in [0.15, 0.2) is 59.8 Å². The maximum absolute atomic E-state index is 12.4. The van der Waals surface area contributed by atoms with E-state index in [2.05, 4.69) is 46.6 Å². The molecule has 2 atom stereocenters. The van der Waals surface area contributed by atoms with Gasteiger partial charge in [-0.1, -0.05) is 31.6 Å². The second-order valence-corrected chi connectivity index (χ2v) is 7.21. The molecule has 0 spiro atoms. The molecule has 2 N–H and O–H groups in total. The van der Waals surface area contributed by atoms with Gasteiger partial charge in [-0.15, -0.1) is 0 Å². The molecule has 1 aromatic heterocycles. The highest BCUT2D eigenvalue weighted by Crippen LogP contribution is 2.26. The molecule has 0 fully saturated rings. The van der Waals surface area contributed by atoms with Gasteiger partial charge in [0, 0.05) is 25.2 Å². The summed E-state index contributed by atoms with van der Waals surface area (Å²) < 4.78 is 5.77. The molecule has 148 valence electrons. The number of nitrogens with one attached hydrogen (secondary N) is 2. The lowest BCUT2D eigenvalue weighted by atomic mass is 9.91. The Morgan fingerprint density at radius 1 is 1.32 bits per heavy atom. The fourth-order valence-electron chi connectivity index (χ4n) is 3.35. The molecule has 1 amide bonds. The lowest BCUT2D eigenvalue weighted by Gasteiger charge is -2.23. The Labute approximate surface area is 166 Å². The topological polar surface area (TPSA) is 76.1 Å². The predicted molar refractivity (Wildman–Crippen MR) is 111 cm³/mol. The van der Waals surface area contributed by atoms with Crippen molar-refractivity contribution in [3.8, 4) is 5.88 Å². The maximum atomic E-state index is 12.4. The van der Waals surface area contributed by atoms with Gasteiger partial charge in [0.05, 0.1) is 0 Å². The highest BCUT2D eigenvalue weighted by atomic mass is 16.5. The van der Waals surface area contributed by atoms with Crippen LogP contribution in [0.25, 0.3) is 0 Å². The van der Waals surface area contributed by atoms with Gasteiger partial charge in [0.1, 0.15) is 17.9 Å². The first-order valence-corrected chi connectivity index (χ1v) is 9.82. The summed E-state index contributed by atoms with van der Waals surface area (Å²) in [5.41, 5.74) is 2.45. The first-order valence-electron chi connectivity index (χ1n) is 9.82. The zero-order chi connectivity index (χ0) is 19.9. The first-order chi connectivity index (χ1) is 13.6. The molecule has 3 rings (SSSR count). The van der Waals surface area contributed by atoms with Crippen LogP contribution in [0.2, 0.25) is 0 Å². The maximum Gasteiger partial charge on any atom is 0.224 e. The lowest BCUT2D eigenvalue weighted by molar-refractivity contribution is -0.121. The summed E-state index contributed by atoms with van der Waals surface area (Å²) in [6, 6.07) is 1.74. The molecule has 2 unspecified atom stereocenters. The number of hydrogen-bond donors (Lipinski definition) is 2. The Balaban J connectivity index is 1.50. The van der Waals surface area contributed by atoms with Crippen LogP contribution in [0.1, 0.15) is 39.5 Å². The van der Waals surface area contributed by atoms with Gasteiger partial charge < -0.3 is 15.4 Å². The number of aromatic nitrogens is 2. The van der Waals surface area contributed by atoms with E-state index in [0.717, 1.165) is 30.7 Å². The molecule has 1 heterocycles. The summed E-state index contributed by atoms with van der Waals surface area (Å²) in [6.07, 6.45) is 14.9. The molecule has 0 saturated heterocycles. The van der Waals surface area contributed by atoms with Crippen LogP contribution in [0.5, 0.6) is 5.88 Å². The average molecular weight is 380 g/mol. The fraction of sp³-hybridized carbons (Fsp3) is 0.409. The van der Waals surface area contributed by atoms with E-state index in [9.17, 15) is 4.79 Å². The van der Waals surface area contributed by atoms with Gasteiger partial charge in [-0.2, -0.15) is 0 Å². The number of carbonyl (C=O) groups excluding carboxylic acids is 1. The number of allylic oxidation sites excluding steroid dienone is 7. The Morgan fingerprint density at radius 3 is 2.86 bits per heavy atom. The van der Waals surface area contributed by atoms with Crippen molar-refractivity contribution < 1.29 is 9.53 Å². The SMILES string of the molecule is CCC1=CC=C(NC(=O)CC2C=CC(Oc3cc(NC)ncn3)=CC2)C(C)C1. The van der Waals surface area contributed by atoms with Crippen LogP contribution in [-0.2, 0) is 4.79 Å². The molecule has 2 aliphatic rings. The van der Waals surface area contributed by atoms with Gasteiger partial charge in [0.25, 0.3) is 0 Å². The molecule has 1 aromatic rings. The average Bonchev–Trinajstić information content (AvgIpc) is 2.71. The summed E-state index contributed by atoms with van der Waals surface area (Å²) >= 11 is 0. The van der Waals surface area contributed by atoms with Crippen molar-refractivity contribution in [1.29, 1.82) is 0 Å². The third-order valence-electron chi connectivity index (χ3n) is 5.06. The Bertz CT molecular complexity index is 839. The van der Waals surface area contributed by atoms with Crippen molar-refractivity contribution in [2.24, 2.45) is 11.8 Å². The molecule has 0 aliphatic heterocycles. The molecular formula is C22H28N4O2. The van der Waals surface area contributed by atoms with E-state index in [1.165, 1.54) is 11.9 Å².